The number of amides is 2. The first-order chi connectivity index (χ1) is 17.1. The van der Waals surface area contributed by atoms with E-state index in [0.717, 1.165) is 56.6 Å². The second-order valence-corrected chi connectivity index (χ2v) is 10.8. The van der Waals surface area contributed by atoms with Crippen molar-refractivity contribution in [3.63, 3.8) is 0 Å². The second kappa shape index (κ2) is 8.98. The summed E-state index contributed by atoms with van der Waals surface area (Å²) in [7, 11) is 0. The molecule has 6 nitrogen and oxygen atoms in total. The summed E-state index contributed by atoms with van der Waals surface area (Å²) in [4.78, 5) is 28.2. The van der Waals surface area contributed by atoms with Crippen molar-refractivity contribution in [2.75, 3.05) is 32.8 Å². The van der Waals surface area contributed by atoms with Crippen LogP contribution in [-0.2, 0) is 26.2 Å². The number of para-hydroxylation sites is 1. The third kappa shape index (κ3) is 4.22. The topological polar surface area (TPSA) is 67.9 Å². The zero-order valence-corrected chi connectivity index (χ0v) is 20.2. The van der Waals surface area contributed by atoms with Gasteiger partial charge in [0.05, 0.1) is 0 Å². The molecule has 2 saturated heterocycles. The van der Waals surface area contributed by atoms with E-state index in [2.05, 4.69) is 29.6 Å². The van der Waals surface area contributed by atoms with Gasteiger partial charge in [-0.15, -0.1) is 0 Å². The van der Waals surface area contributed by atoms with Crippen LogP contribution in [0.3, 0.4) is 0 Å². The maximum atomic E-state index is 13.2. The molecule has 35 heavy (non-hydrogen) atoms. The minimum Gasteiger partial charge on any atom is -0.480 e. The van der Waals surface area contributed by atoms with Gasteiger partial charge < -0.3 is 19.7 Å². The molecule has 4 aliphatic rings. The average molecular weight is 475 g/mol. The molecule has 1 N–H and O–H groups in total. The number of nitrogens with one attached hydrogen (secondary N) is 1. The Morgan fingerprint density at radius 2 is 1.66 bits per heavy atom. The summed E-state index contributed by atoms with van der Waals surface area (Å²) in [6.45, 7) is 3.56. The molecule has 6 heteroatoms. The first kappa shape index (κ1) is 22.6. The van der Waals surface area contributed by atoms with Crippen LogP contribution in [0.15, 0.2) is 54.6 Å². The maximum absolute atomic E-state index is 13.2. The Labute approximate surface area is 207 Å². The Kier molecular flexibility index (Phi) is 5.79. The highest BCUT2D eigenvalue weighted by Gasteiger charge is 2.59. The molecule has 0 unspecified atom stereocenters. The van der Waals surface area contributed by atoms with Gasteiger partial charge in [0, 0.05) is 50.6 Å². The number of benzene rings is 2. The SMILES string of the molecule is O=C(NCC1(c2ccccc2)CCOCC1)[C@@H]1CC12CCN(C(=O)[C@@H]1Cc3ccccc3O1)CC2. The first-order valence-electron chi connectivity index (χ1n) is 13.0. The van der Waals surface area contributed by atoms with E-state index in [-0.39, 0.29) is 28.6 Å². The van der Waals surface area contributed by atoms with E-state index in [1.54, 1.807) is 0 Å². The number of ether oxygens (including phenoxy) is 2. The number of rotatable bonds is 5. The molecule has 3 heterocycles. The van der Waals surface area contributed by atoms with E-state index >= 15 is 0 Å². The molecule has 2 atom stereocenters. The predicted molar refractivity (Wildman–Crippen MR) is 132 cm³/mol. The molecule has 3 fully saturated rings. The van der Waals surface area contributed by atoms with Crippen molar-refractivity contribution in [2.24, 2.45) is 11.3 Å². The van der Waals surface area contributed by atoms with Gasteiger partial charge in [0.25, 0.3) is 5.91 Å². The molecule has 1 aliphatic carbocycles. The molecule has 0 bridgehead atoms. The zero-order chi connectivity index (χ0) is 23.9. The quantitative estimate of drug-likeness (QED) is 0.721. The van der Waals surface area contributed by atoms with Crippen LogP contribution < -0.4 is 10.1 Å². The molecular formula is C29H34N2O4. The molecule has 184 valence electrons. The van der Waals surface area contributed by atoms with Crippen LogP contribution in [0.4, 0.5) is 0 Å². The Morgan fingerprint density at radius 1 is 0.943 bits per heavy atom. The minimum atomic E-state index is -0.409. The molecule has 1 spiro atoms. The number of fused-ring (bicyclic) bond motifs is 1. The van der Waals surface area contributed by atoms with Crippen LogP contribution >= 0.6 is 0 Å². The van der Waals surface area contributed by atoms with Gasteiger partial charge in [-0.2, -0.15) is 0 Å². The number of hydrogen-bond acceptors (Lipinski definition) is 4. The number of piperidine rings is 1. The van der Waals surface area contributed by atoms with Crippen molar-refractivity contribution in [2.45, 2.75) is 50.0 Å². The normalized spacial score (nSPS) is 26.0. The molecule has 2 amide bonds. The van der Waals surface area contributed by atoms with E-state index < -0.39 is 6.10 Å². The summed E-state index contributed by atoms with van der Waals surface area (Å²) in [5, 5.41) is 3.32. The van der Waals surface area contributed by atoms with Crippen molar-refractivity contribution < 1.29 is 19.1 Å². The Hall–Kier alpha value is -2.86. The first-order valence-corrected chi connectivity index (χ1v) is 13.0. The minimum absolute atomic E-state index is 0.0497. The van der Waals surface area contributed by atoms with Gasteiger partial charge in [-0.3, -0.25) is 9.59 Å². The highest BCUT2D eigenvalue weighted by Crippen LogP contribution is 2.59. The number of carbonyl (C=O) groups excluding carboxylic acids is 2. The fourth-order valence-electron chi connectivity index (χ4n) is 6.47. The number of carbonyl (C=O) groups is 2. The van der Waals surface area contributed by atoms with Gasteiger partial charge in [-0.05, 0) is 54.7 Å². The van der Waals surface area contributed by atoms with Crippen LogP contribution in [0.25, 0.3) is 0 Å². The lowest BCUT2D eigenvalue weighted by molar-refractivity contribution is -0.139. The lowest BCUT2D eigenvalue weighted by atomic mass is 9.74. The number of nitrogens with zero attached hydrogens (tertiary/aromatic N) is 1. The summed E-state index contributed by atoms with van der Waals surface area (Å²) in [5.74, 6) is 1.17. The van der Waals surface area contributed by atoms with Gasteiger partial charge in [-0.25, -0.2) is 0 Å². The number of hydrogen-bond donors (Lipinski definition) is 1. The molecule has 0 aromatic heterocycles. The predicted octanol–water partition coefficient (Wildman–Crippen LogP) is 3.48. The Balaban J connectivity index is 1.03. The van der Waals surface area contributed by atoms with Crippen molar-refractivity contribution in [1.29, 1.82) is 0 Å². The van der Waals surface area contributed by atoms with Crippen molar-refractivity contribution in [1.82, 2.24) is 10.2 Å². The maximum Gasteiger partial charge on any atom is 0.263 e. The van der Waals surface area contributed by atoms with E-state index in [4.69, 9.17) is 9.47 Å². The molecule has 2 aromatic carbocycles. The largest absolute Gasteiger partial charge is 0.480 e. The van der Waals surface area contributed by atoms with Gasteiger partial charge in [0.15, 0.2) is 6.10 Å². The fourth-order valence-corrected chi connectivity index (χ4v) is 6.47. The van der Waals surface area contributed by atoms with Crippen molar-refractivity contribution in [3.05, 3.63) is 65.7 Å². The van der Waals surface area contributed by atoms with Crippen LogP contribution in [-0.4, -0.2) is 55.7 Å². The molecule has 6 rings (SSSR count). The molecule has 3 aliphatic heterocycles. The van der Waals surface area contributed by atoms with Crippen LogP contribution in [0, 0.1) is 11.3 Å². The summed E-state index contributed by atoms with van der Waals surface area (Å²) in [6.07, 6.45) is 4.83. The summed E-state index contributed by atoms with van der Waals surface area (Å²) in [6, 6.07) is 18.4. The smallest absolute Gasteiger partial charge is 0.263 e. The second-order valence-electron chi connectivity index (χ2n) is 10.8. The van der Waals surface area contributed by atoms with E-state index in [1.165, 1.54) is 5.56 Å². The van der Waals surface area contributed by atoms with E-state index in [9.17, 15) is 9.59 Å². The van der Waals surface area contributed by atoms with Crippen molar-refractivity contribution >= 4 is 11.8 Å². The summed E-state index contributed by atoms with van der Waals surface area (Å²) < 4.78 is 11.6. The van der Waals surface area contributed by atoms with Gasteiger partial charge >= 0.3 is 0 Å². The zero-order valence-electron chi connectivity index (χ0n) is 20.2. The Morgan fingerprint density at radius 3 is 2.40 bits per heavy atom. The lowest BCUT2D eigenvalue weighted by Gasteiger charge is -2.38. The Bertz CT molecular complexity index is 1060. The molecule has 2 aromatic rings. The third-order valence-corrected chi connectivity index (χ3v) is 8.94. The number of likely N-dealkylation sites (tertiary alicyclic amines) is 1. The highest BCUT2D eigenvalue weighted by atomic mass is 16.5. The molecular weight excluding hydrogens is 440 g/mol. The van der Waals surface area contributed by atoms with E-state index in [1.807, 2.05) is 35.2 Å². The highest BCUT2D eigenvalue weighted by molar-refractivity contribution is 5.84. The van der Waals surface area contributed by atoms with Crippen LogP contribution in [0.1, 0.15) is 43.2 Å². The van der Waals surface area contributed by atoms with E-state index in [0.29, 0.717) is 26.1 Å². The van der Waals surface area contributed by atoms with Crippen molar-refractivity contribution in [3.8, 4) is 5.75 Å². The standard InChI is InChI=1S/C29H34N2O4/c32-26(30-20-29(12-16-34-17-13-29)22-7-2-1-3-8-22)23-19-28(23)10-14-31(15-11-28)27(33)25-18-21-6-4-5-9-24(21)35-25/h1-9,23,25H,10-20H2,(H,30,32)/t23-,25-/m0/s1. The van der Waals surface area contributed by atoms with Gasteiger partial charge in [-0.1, -0.05) is 48.5 Å². The lowest BCUT2D eigenvalue weighted by Crippen LogP contribution is -2.47. The molecule has 1 saturated carbocycles. The van der Waals surface area contributed by atoms with Gasteiger partial charge in [0.1, 0.15) is 5.75 Å². The average Bonchev–Trinajstić information content (AvgIpc) is 3.43. The molecule has 0 radical (unpaired) electrons. The van der Waals surface area contributed by atoms with Crippen LogP contribution in [0.2, 0.25) is 0 Å². The third-order valence-electron chi connectivity index (χ3n) is 8.94. The monoisotopic (exact) mass is 474 g/mol. The summed E-state index contributed by atoms with van der Waals surface area (Å²) in [5.41, 5.74) is 2.41. The van der Waals surface area contributed by atoms with Crippen LogP contribution in [0.5, 0.6) is 5.75 Å². The van der Waals surface area contributed by atoms with Gasteiger partial charge in [0.2, 0.25) is 5.91 Å². The fraction of sp³-hybridized carbons (Fsp3) is 0.517. The summed E-state index contributed by atoms with van der Waals surface area (Å²) >= 11 is 0.